The van der Waals surface area contributed by atoms with Crippen LogP contribution < -0.4 is 5.32 Å². The molecule has 5 heteroatoms. The topological polar surface area (TPSA) is 12.0 Å². The molecule has 0 radical (unpaired) electrons. The molecule has 0 amide bonds. The van der Waals surface area contributed by atoms with Gasteiger partial charge in [-0.05, 0) is 30.7 Å². The van der Waals surface area contributed by atoms with E-state index < -0.39 is 17.5 Å². The molecule has 0 fully saturated rings. The van der Waals surface area contributed by atoms with Crippen LogP contribution in [0.25, 0.3) is 0 Å². The third-order valence-corrected chi connectivity index (χ3v) is 3.12. The summed E-state index contributed by atoms with van der Waals surface area (Å²) in [6.45, 7) is 1.75. The molecule has 1 unspecified atom stereocenters. The first-order valence-electron chi connectivity index (χ1n) is 5.65. The van der Waals surface area contributed by atoms with Gasteiger partial charge in [0.1, 0.15) is 0 Å². The van der Waals surface area contributed by atoms with E-state index in [0.717, 1.165) is 17.7 Å². The monoisotopic (exact) mass is 285 g/mol. The first-order chi connectivity index (χ1) is 9.00. The van der Waals surface area contributed by atoms with Crippen molar-refractivity contribution >= 4 is 17.3 Å². The van der Waals surface area contributed by atoms with Crippen LogP contribution in [-0.2, 0) is 0 Å². The molecule has 0 aliphatic carbocycles. The van der Waals surface area contributed by atoms with Gasteiger partial charge in [-0.25, -0.2) is 13.2 Å². The van der Waals surface area contributed by atoms with Gasteiger partial charge >= 0.3 is 0 Å². The van der Waals surface area contributed by atoms with E-state index in [9.17, 15) is 13.2 Å². The summed E-state index contributed by atoms with van der Waals surface area (Å²) in [5.41, 5.74) is 0.639. The molecule has 0 bridgehead atoms. The van der Waals surface area contributed by atoms with E-state index in [-0.39, 0.29) is 11.7 Å². The van der Waals surface area contributed by atoms with Crippen molar-refractivity contribution in [1.29, 1.82) is 0 Å². The minimum atomic E-state index is -1.49. The number of benzene rings is 2. The Kier molecular flexibility index (Phi) is 4.00. The van der Waals surface area contributed by atoms with Crippen LogP contribution in [-0.4, -0.2) is 0 Å². The number of nitrogens with one attached hydrogen (secondary N) is 1. The summed E-state index contributed by atoms with van der Waals surface area (Å²) in [4.78, 5) is 0. The fourth-order valence-corrected chi connectivity index (χ4v) is 2.07. The lowest BCUT2D eigenvalue weighted by atomic mass is 10.1. The summed E-state index contributed by atoms with van der Waals surface area (Å²) < 4.78 is 39.5. The van der Waals surface area contributed by atoms with Crippen LogP contribution >= 0.6 is 11.6 Å². The van der Waals surface area contributed by atoms with Crippen LogP contribution in [0.5, 0.6) is 0 Å². The summed E-state index contributed by atoms with van der Waals surface area (Å²) >= 11 is 6.01. The van der Waals surface area contributed by atoms with E-state index >= 15 is 0 Å². The molecule has 2 aromatic carbocycles. The van der Waals surface area contributed by atoms with Crippen molar-refractivity contribution in [1.82, 2.24) is 0 Å². The zero-order valence-corrected chi connectivity index (χ0v) is 10.8. The van der Waals surface area contributed by atoms with Gasteiger partial charge in [0.25, 0.3) is 0 Å². The van der Waals surface area contributed by atoms with E-state index in [1.165, 1.54) is 0 Å². The Morgan fingerprint density at radius 2 is 1.68 bits per heavy atom. The number of hydrogen-bond donors (Lipinski definition) is 1. The molecule has 0 aliphatic heterocycles. The number of halogens is 4. The Morgan fingerprint density at radius 3 is 2.37 bits per heavy atom. The Morgan fingerprint density at radius 1 is 1.00 bits per heavy atom. The van der Waals surface area contributed by atoms with Crippen molar-refractivity contribution in [3.63, 3.8) is 0 Å². The molecule has 0 heterocycles. The number of anilines is 1. The minimum absolute atomic E-state index is 0.105. The van der Waals surface area contributed by atoms with Crippen LogP contribution in [0, 0.1) is 17.5 Å². The molecular formula is C14H11ClF3N. The molecule has 2 aromatic rings. The predicted octanol–water partition coefficient (Wildman–Crippen LogP) is 4.93. The average molecular weight is 286 g/mol. The SMILES string of the molecule is CC(Nc1ccc(F)c(F)c1F)c1ccccc1Cl. The summed E-state index contributed by atoms with van der Waals surface area (Å²) in [6.07, 6.45) is 0. The van der Waals surface area contributed by atoms with E-state index in [2.05, 4.69) is 5.32 Å². The first-order valence-corrected chi connectivity index (χ1v) is 6.03. The van der Waals surface area contributed by atoms with Crippen molar-refractivity contribution in [3.05, 3.63) is 64.4 Å². The molecule has 19 heavy (non-hydrogen) atoms. The summed E-state index contributed by atoms with van der Waals surface area (Å²) in [5.74, 6) is -3.94. The van der Waals surface area contributed by atoms with Gasteiger partial charge in [0.15, 0.2) is 17.5 Å². The van der Waals surface area contributed by atoms with Crippen LogP contribution in [0.3, 0.4) is 0 Å². The predicted molar refractivity (Wildman–Crippen MR) is 69.8 cm³/mol. The van der Waals surface area contributed by atoms with Crippen molar-refractivity contribution in [2.24, 2.45) is 0 Å². The third kappa shape index (κ3) is 2.84. The largest absolute Gasteiger partial charge is 0.376 e. The lowest BCUT2D eigenvalue weighted by Crippen LogP contribution is -2.09. The third-order valence-electron chi connectivity index (χ3n) is 2.78. The molecule has 1 atom stereocenters. The lowest BCUT2D eigenvalue weighted by Gasteiger charge is -2.17. The van der Waals surface area contributed by atoms with Crippen LogP contribution in [0.2, 0.25) is 5.02 Å². The fourth-order valence-electron chi connectivity index (χ4n) is 1.77. The number of rotatable bonds is 3. The van der Waals surface area contributed by atoms with Crippen LogP contribution in [0.1, 0.15) is 18.5 Å². The summed E-state index contributed by atoms with van der Waals surface area (Å²) in [6, 6.07) is 8.74. The van der Waals surface area contributed by atoms with Crippen molar-refractivity contribution in [2.75, 3.05) is 5.32 Å². The second kappa shape index (κ2) is 5.53. The van der Waals surface area contributed by atoms with Crippen molar-refractivity contribution < 1.29 is 13.2 Å². The van der Waals surface area contributed by atoms with E-state index in [1.807, 2.05) is 0 Å². The Balaban J connectivity index is 2.27. The second-order valence-corrected chi connectivity index (χ2v) is 4.52. The minimum Gasteiger partial charge on any atom is -0.376 e. The Labute approximate surface area is 114 Å². The van der Waals surface area contributed by atoms with Crippen molar-refractivity contribution in [3.8, 4) is 0 Å². The molecule has 0 spiro atoms. The molecule has 2 rings (SSSR count). The van der Waals surface area contributed by atoms with E-state index in [4.69, 9.17) is 11.6 Å². The highest BCUT2D eigenvalue weighted by Gasteiger charge is 2.16. The standard InChI is InChI=1S/C14H11ClF3N/c1-8(9-4-2-3-5-10(9)15)19-12-7-6-11(16)13(17)14(12)18/h2-8,19H,1H3. The summed E-state index contributed by atoms with van der Waals surface area (Å²) in [7, 11) is 0. The lowest BCUT2D eigenvalue weighted by molar-refractivity contribution is 0.448. The normalized spacial score (nSPS) is 12.3. The van der Waals surface area contributed by atoms with Gasteiger partial charge in [-0.2, -0.15) is 0 Å². The highest BCUT2D eigenvalue weighted by molar-refractivity contribution is 6.31. The second-order valence-electron chi connectivity index (χ2n) is 4.11. The Bertz CT molecular complexity index is 601. The zero-order valence-electron chi connectivity index (χ0n) is 10.1. The van der Waals surface area contributed by atoms with Crippen LogP contribution in [0.15, 0.2) is 36.4 Å². The highest BCUT2D eigenvalue weighted by atomic mass is 35.5. The molecule has 1 N–H and O–H groups in total. The maximum atomic E-state index is 13.5. The van der Waals surface area contributed by atoms with Gasteiger partial charge in [0.05, 0.1) is 11.7 Å². The van der Waals surface area contributed by atoms with Crippen molar-refractivity contribution in [2.45, 2.75) is 13.0 Å². The van der Waals surface area contributed by atoms with Gasteiger partial charge in [0.2, 0.25) is 0 Å². The average Bonchev–Trinajstić information content (AvgIpc) is 2.40. The molecular weight excluding hydrogens is 275 g/mol. The van der Waals surface area contributed by atoms with E-state index in [1.54, 1.807) is 31.2 Å². The first kappa shape index (κ1) is 13.7. The maximum Gasteiger partial charge on any atom is 0.196 e. The Hall–Kier alpha value is -1.68. The molecule has 1 nitrogen and oxygen atoms in total. The zero-order chi connectivity index (χ0) is 14.0. The van der Waals surface area contributed by atoms with Gasteiger partial charge in [-0.15, -0.1) is 0 Å². The smallest absolute Gasteiger partial charge is 0.196 e. The van der Waals surface area contributed by atoms with E-state index in [0.29, 0.717) is 5.02 Å². The van der Waals surface area contributed by atoms with Gasteiger partial charge in [-0.1, -0.05) is 29.8 Å². The number of hydrogen-bond acceptors (Lipinski definition) is 1. The van der Waals surface area contributed by atoms with Gasteiger partial charge in [0, 0.05) is 5.02 Å². The molecule has 100 valence electrons. The molecule has 0 aromatic heterocycles. The van der Waals surface area contributed by atoms with Crippen LogP contribution in [0.4, 0.5) is 18.9 Å². The highest BCUT2D eigenvalue weighted by Crippen LogP contribution is 2.28. The quantitative estimate of drug-likeness (QED) is 0.789. The van der Waals surface area contributed by atoms with Gasteiger partial charge in [-0.3, -0.25) is 0 Å². The summed E-state index contributed by atoms with van der Waals surface area (Å²) in [5, 5.41) is 3.29. The fraction of sp³-hybridized carbons (Fsp3) is 0.143. The molecule has 0 aliphatic rings. The molecule has 0 saturated carbocycles. The maximum absolute atomic E-state index is 13.5. The molecule has 0 saturated heterocycles. The van der Waals surface area contributed by atoms with Gasteiger partial charge < -0.3 is 5.32 Å².